The fourth-order valence-electron chi connectivity index (χ4n) is 3.00. The molecule has 3 N–H and O–H groups in total. The van der Waals surface area contributed by atoms with Crippen LogP contribution in [0, 0.1) is 0 Å². The molecule has 3 aromatic rings. The van der Waals surface area contributed by atoms with E-state index >= 15 is 0 Å². The number of rotatable bonds is 8. The number of hydrogen-bond acceptors (Lipinski definition) is 5. The monoisotopic (exact) mass is 452 g/mol. The van der Waals surface area contributed by atoms with Crippen molar-refractivity contribution in [1.82, 2.24) is 9.78 Å². The highest BCUT2D eigenvalue weighted by Gasteiger charge is 2.15. The number of aliphatic hydroxyl groups is 1. The van der Waals surface area contributed by atoms with Crippen LogP contribution in [0.5, 0.6) is 5.75 Å². The molecule has 11 heteroatoms. The first-order valence-electron chi connectivity index (χ1n) is 9.04. The summed E-state index contributed by atoms with van der Waals surface area (Å²) in [5, 5.41) is 13.6. The third-order valence-electron chi connectivity index (χ3n) is 4.33. The van der Waals surface area contributed by atoms with Crippen LogP contribution in [0.3, 0.4) is 0 Å². The Hall–Kier alpha value is -2.91. The van der Waals surface area contributed by atoms with E-state index in [0.717, 1.165) is 4.68 Å². The predicted octanol–water partition coefficient (Wildman–Crippen LogP) is 2.73. The van der Waals surface area contributed by atoms with Crippen LogP contribution < -0.4 is 10.3 Å². The Morgan fingerprint density at radius 2 is 1.81 bits per heavy atom. The molecule has 0 aliphatic carbocycles. The van der Waals surface area contributed by atoms with Crippen LogP contribution in [0.4, 0.5) is 8.78 Å². The molecule has 0 atom stereocenters. The molecule has 164 valence electrons. The van der Waals surface area contributed by atoms with Crippen LogP contribution in [0.15, 0.2) is 59.4 Å². The van der Waals surface area contributed by atoms with E-state index in [4.69, 9.17) is 9.79 Å². The Labute approximate surface area is 175 Å². The Kier molecular flexibility index (Phi) is 6.97. The molecule has 0 fully saturated rings. The summed E-state index contributed by atoms with van der Waals surface area (Å²) >= 11 is 0. The fourth-order valence-corrected chi connectivity index (χ4v) is 3.68. The molecule has 0 saturated heterocycles. The summed E-state index contributed by atoms with van der Waals surface area (Å²) < 4.78 is 42.1. The summed E-state index contributed by atoms with van der Waals surface area (Å²) in [6.07, 6.45) is -0.423. The summed E-state index contributed by atoms with van der Waals surface area (Å²) in [5.74, 6) is -0.195. The minimum absolute atomic E-state index is 0.0385. The van der Waals surface area contributed by atoms with Crippen LogP contribution in [-0.2, 0) is 23.9 Å². The van der Waals surface area contributed by atoms with E-state index < -0.39 is 32.5 Å². The van der Waals surface area contributed by atoms with E-state index in [2.05, 4.69) is 9.84 Å². The van der Waals surface area contributed by atoms with E-state index in [0.29, 0.717) is 22.4 Å². The Morgan fingerprint density at radius 3 is 2.48 bits per heavy atom. The molecule has 0 unspecified atom stereocenters. The number of hydrogen-bond donors (Lipinski definition) is 3. The van der Waals surface area contributed by atoms with Crippen LogP contribution in [0.2, 0.25) is 0 Å². The number of alkyl halides is 2. The van der Waals surface area contributed by atoms with Gasteiger partial charge in [0.05, 0.1) is 25.0 Å². The number of aliphatic hydroxyl groups excluding tert-OH is 1. The molecular weight excluding hydrogens is 433 g/mol. The maximum Gasteiger partial charge on any atom is 0.387 e. The predicted molar refractivity (Wildman–Crippen MR) is 108 cm³/mol. The lowest BCUT2D eigenvalue weighted by Crippen LogP contribution is -2.22. The summed E-state index contributed by atoms with van der Waals surface area (Å²) in [6.45, 7) is -3.51. The molecule has 8 nitrogen and oxygen atoms in total. The first-order chi connectivity index (χ1) is 14.6. The van der Waals surface area contributed by atoms with Gasteiger partial charge in [0.15, 0.2) is 0 Å². The number of ether oxygens (including phenoxy) is 1. The third kappa shape index (κ3) is 6.28. The Morgan fingerprint density at radius 1 is 1.06 bits per heavy atom. The molecular formula is C20H19F2N2O6P. The van der Waals surface area contributed by atoms with E-state index in [1.54, 1.807) is 30.3 Å². The zero-order chi connectivity index (χ0) is 22.6. The van der Waals surface area contributed by atoms with Gasteiger partial charge in [0, 0.05) is 17.2 Å². The smallest absolute Gasteiger partial charge is 0.387 e. The molecule has 0 spiro atoms. The number of benzene rings is 2. The minimum atomic E-state index is -4.24. The Bertz CT molecular complexity index is 1180. The maximum absolute atomic E-state index is 12.7. The number of nitrogens with zero attached hydrogens (tertiary/aromatic N) is 2. The number of aromatic nitrogens is 2. The van der Waals surface area contributed by atoms with Gasteiger partial charge in [-0.3, -0.25) is 9.36 Å². The highest BCUT2D eigenvalue weighted by Crippen LogP contribution is 2.39. The highest BCUT2D eigenvalue weighted by molar-refractivity contribution is 7.50. The lowest BCUT2D eigenvalue weighted by Gasteiger charge is -2.12. The van der Waals surface area contributed by atoms with Crippen molar-refractivity contribution in [3.8, 4) is 17.0 Å². The number of halogens is 2. The van der Waals surface area contributed by atoms with Crippen molar-refractivity contribution in [3.63, 3.8) is 0 Å². The molecule has 0 amide bonds. The van der Waals surface area contributed by atoms with Crippen molar-refractivity contribution in [1.29, 1.82) is 0 Å². The molecule has 0 radical (unpaired) electrons. The molecule has 0 aliphatic rings. The second-order valence-electron chi connectivity index (χ2n) is 6.72. The van der Waals surface area contributed by atoms with Crippen LogP contribution in [0.1, 0.15) is 16.7 Å². The summed E-state index contributed by atoms with van der Waals surface area (Å²) in [5.41, 5.74) is 1.50. The lowest BCUT2D eigenvalue weighted by atomic mass is 10.1. The van der Waals surface area contributed by atoms with Gasteiger partial charge in [0.25, 0.3) is 5.56 Å². The summed E-state index contributed by atoms with van der Waals surface area (Å²) in [4.78, 5) is 30.5. The summed E-state index contributed by atoms with van der Waals surface area (Å²) in [7, 11) is -4.24. The van der Waals surface area contributed by atoms with Gasteiger partial charge in [0.1, 0.15) is 5.75 Å². The molecule has 3 rings (SSSR count). The SMILES string of the molecule is O=c1ccc(-c2ccc(CO)c(OC(F)F)c2)nn1Cc1cccc(CP(=O)(O)O)c1. The van der Waals surface area contributed by atoms with Crippen LogP contribution in [-0.4, -0.2) is 31.3 Å². The largest absolute Gasteiger partial charge is 0.434 e. The second-order valence-corrected chi connectivity index (χ2v) is 8.36. The van der Waals surface area contributed by atoms with E-state index in [1.807, 2.05) is 0 Å². The first kappa shape index (κ1) is 22.8. The van der Waals surface area contributed by atoms with Gasteiger partial charge >= 0.3 is 14.2 Å². The van der Waals surface area contributed by atoms with Gasteiger partial charge in [0.2, 0.25) is 0 Å². The van der Waals surface area contributed by atoms with Gasteiger partial charge < -0.3 is 19.6 Å². The third-order valence-corrected chi connectivity index (χ3v) is 5.11. The van der Waals surface area contributed by atoms with Crippen molar-refractivity contribution in [2.45, 2.75) is 25.9 Å². The molecule has 0 bridgehead atoms. The van der Waals surface area contributed by atoms with Crippen molar-refractivity contribution in [2.24, 2.45) is 0 Å². The van der Waals surface area contributed by atoms with Gasteiger partial charge in [-0.2, -0.15) is 13.9 Å². The highest BCUT2D eigenvalue weighted by atomic mass is 31.2. The van der Waals surface area contributed by atoms with Crippen LogP contribution in [0.25, 0.3) is 11.3 Å². The minimum Gasteiger partial charge on any atom is -0.434 e. The molecule has 0 saturated carbocycles. The fraction of sp³-hybridized carbons (Fsp3) is 0.200. The molecule has 1 heterocycles. The molecule has 31 heavy (non-hydrogen) atoms. The van der Waals surface area contributed by atoms with E-state index in [9.17, 15) is 23.2 Å². The maximum atomic E-state index is 12.7. The second kappa shape index (κ2) is 9.49. The molecule has 0 aliphatic heterocycles. The lowest BCUT2D eigenvalue weighted by molar-refractivity contribution is -0.0509. The van der Waals surface area contributed by atoms with E-state index in [1.165, 1.54) is 24.3 Å². The van der Waals surface area contributed by atoms with Gasteiger partial charge in [-0.1, -0.05) is 36.4 Å². The molecule has 1 aromatic heterocycles. The van der Waals surface area contributed by atoms with Crippen LogP contribution >= 0.6 is 7.60 Å². The van der Waals surface area contributed by atoms with Crippen molar-refractivity contribution < 1.29 is 33.0 Å². The summed E-state index contributed by atoms with van der Waals surface area (Å²) in [6, 6.07) is 13.4. The van der Waals surface area contributed by atoms with Crippen molar-refractivity contribution >= 4 is 7.60 Å². The molecule has 2 aromatic carbocycles. The quantitative estimate of drug-likeness (QED) is 0.449. The van der Waals surface area contributed by atoms with Gasteiger partial charge in [-0.05, 0) is 23.3 Å². The standard InChI is InChI=1S/C20H19F2N2O6P/c21-20(22)30-18-9-15(4-5-16(18)11-25)17-6-7-19(26)24(23-17)10-13-2-1-3-14(8-13)12-31(27,28)29/h1-9,20,25H,10-12H2,(H2,27,28,29). The average molecular weight is 452 g/mol. The Balaban J connectivity index is 1.92. The zero-order valence-corrected chi connectivity index (χ0v) is 17.0. The zero-order valence-electron chi connectivity index (χ0n) is 16.1. The topological polar surface area (TPSA) is 122 Å². The van der Waals surface area contributed by atoms with Gasteiger partial charge in [-0.15, -0.1) is 0 Å². The average Bonchev–Trinajstić information content (AvgIpc) is 2.68. The van der Waals surface area contributed by atoms with Crippen molar-refractivity contribution in [3.05, 3.63) is 81.6 Å². The van der Waals surface area contributed by atoms with Gasteiger partial charge in [-0.25, -0.2) is 4.68 Å². The normalized spacial score (nSPS) is 11.7. The first-order valence-corrected chi connectivity index (χ1v) is 10.8. The van der Waals surface area contributed by atoms with E-state index in [-0.39, 0.29) is 17.9 Å². The van der Waals surface area contributed by atoms with Crippen molar-refractivity contribution in [2.75, 3.05) is 0 Å².